The van der Waals surface area contributed by atoms with E-state index in [9.17, 15) is 4.39 Å². The maximum atomic E-state index is 13.2. The lowest BCUT2D eigenvalue weighted by Gasteiger charge is -2.42. The van der Waals surface area contributed by atoms with Crippen LogP contribution in [-0.2, 0) is 11.3 Å². The van der Waals surface area contributed by atoms with Gasteiger partial charge in [0.25, 0.3) is 0 Å². The highest BCUT2D eigenvalue weighted by molar-refractivity contribution is 14.0. The van der Waals surface area contributed by atoms with Crippen LogP contribution in [0, 0.1) is 11.2 Å². The van der Waals surface area contributed by atoms with Crippen LogP contribution in [0.15, 0.2) is 23.2 Å². The van der Waals surface area contributed by atoms with Gasteiger partial charge >= 0.3 is 0 Å². The average molecular weight is 484 g/mol. The summed E-state index contributed by atoms with van der Waals surface area (Å²) in [4.78, 5) is 4.58. The summed E-state index contributed by atoms with van der Waals surface area (Å²) in [5.41, 5.74) is 1.21. The number of hydrogen-bond acceptors (Lipinski definition) is 2. The Bertz CT molecular complexity index is 567. The second-order valence-electron chi connectivity index (χ2n) is 6.39. The third-order valence-electron chi connectivity index (χ3n) is 4.63. The molecule has 0 aromatic heterocycles. The van der Waals surface area contributed by atoms with Gasteiger partial charge in [0.05, 0.1) is 11.6 Å². The molecule has 0 heterocycles. The molecule has 0 radical (unpaired) electrons. The highest BCUT2D eigenvalue weighted by Gasteiger charge is 2.36. The van der Waals surface area contributed by atoms with Crippen molar-refractivity contribution in [3.8, 4) is 0 Å². The van der Waals surface area contributed by atoms with E-state index < -0.39 is 5.82 Å². The Balaban J connectivity index is 0.00000312. The summed E-state index contributed by atoms with van der Waals surface area (Å²) in [5, 5.41) is 6.83. The van der Waals surface area contributed by atoms with Crippen molar-refractivity contribution in [2.45, 2.75) is 39.2 Å². The first-order chi connectivity index (χ1) is 11.6. The highest BCUT2D eigenvalue weighted by atomic mass is 127. The maximum absolute atomic E-state index is 13.2. The first-order valence-electron chi connectivity index (χ1n) is 8.53. The van der Waals surface area contributed by atoms with Crippen molar-refractivity contribution in [1.82, 2.24) is 10.6 Å². The summed E-state index contributed by atoms with van der Waals surface area (Å²) >= 11 is 5.82. The van der Waals surface area contributed by atoms with E-state index in [0.29, 0.717) is 12.0 Å². The predicted molar refractivity (Wildman–Crippen MR) is 112 cm³/mol. The summed E-state index contributed by atoms with van der Waals surface area (Å²) in [5.74, 6) is 0.376. The standard InChI is InChI=1S/C18H27ClFN3O.HI/c1-3-21-17(22-12-14-5-6-16(20)15(19)11-14)23-13-18(7-4-8-18)9-10-24-2;/h5-6,11H,3-4,7-10,12-13H2,1-2H3,(H2,21,22,23);1H. The van der Waals surface area contributed by atoms with Crippen LogP contribution in [0.2, 0.25) is 5.02 Å². The van der Waals surface area contributed by atoms with Gasteiger partial charge in [-0.3, -0.25) is 0 Å². The largest absolute Gasteiger partial charge is 0.385 e. The molecule has 1 aliphatic carbocycles. The molecule has 0 unspecified atom stereocenters. The molecule has 1 aromatic rings. The molecule has 25 heavy (non-hydrogen) atoms. The van der Waals surface area contributed by atoms with E-state index in [1.54, 1.807) is 19.2 Å². The van der Waals surface area contributed by atoms with Gasteiger partial charge in [-0.25, -0.2) is 9.38 Å². The van der Waals surface area contributed by atoms with Crippen molar-refractivity contribution in [1.29, 1.82) is 0 Å². The molecule has 0 spiro atoms. The molecule has 1 aromatic carbocycles. The summed E-state index contributed by atoms with van der Waals surface area (Å²) in [6.07, 6.45) is 4.82. The minimum absolute atomic E-state index is 0. The molecule has 1 fully saturated rings. The molecular weight excluding hydrogens is 456 g/mol. The average Bonchev–Trinajstić information content (AvgIpc) is 2.54. The van der Waals surface area contributed by atoms with Crippen molar-refractivity contribution < 1.29 is 9.13 Å². The quantitative estimate of drug-likeness (QED) is 0.328. The highest BCUT2D eigenvalue weighted by Crippen LogP contribution is 2.43. The van der Waals surface area contributed by atoms with Gasteiger partial charge in [-0.1, -0.05) is 24.1 Å². The molecule has 1 aliphatic rings. The summed E-state index contributed by atoms with van der Waals surface area (Å²) in [6, 6.07) is 4.71. The number of hydrogen-bond donors (Lipinski definition) is 2. The SMILES string of the molecule is CCNC(=NCc1ccc(F)c(Cl)c1)NCC1(CCOC)CCC1.I. The molecule has 1 saturated carbocycles. The van der Waals surface area contributed by atoms with Crippen LogP contribution in [-0.4, -0.2) is 32.8 Å². The zero-order chi connectivity index (χ0) is 17.4. The Morgan fingerprint density at radius 2 is 2.12 bits per heavy atom. The molecule has 0 aliphatic heterocycles. The molecule has 0 atom stereocenters. The van der Waals surface area contributed by atoms with E-state index in [-0.39, 0.29) is 29.0 Å². The Morgan fingerprint density at radius 1 is 1.36 bits per heavy atom. The topological polar surface area (TPSA) is 45.7 Å². The number of benzene rings is 1. The predicted octanol–water partition coefficient (Wildman–Crippen LogP) is 4.36. The van der Waals surface area contributed by atoms with E-state index >= 15 is 0 Å². The van der Waals surface area contributed by atoms with Crippen molar-refractivity contribution >= 4 is 41.5 Å². The first kappa shape index (κ1) is 22.4. The monoisotopic (exact) mass is 483 g/mol. The van der Waals surface area contributed by atoms with E-state index in [1.165, 1.54) is 25.3 Å². The van der Waals surface area contributed by atoms with E-state index in [1.807, 2.05) is 6.92 Å². The van der Waals surface area contributed by atoms with Crippen LogP contribution in [0.5, 0.6) is 0 Å². The Hall–Kier alpha value is -0.600. The van der Waals surface area contributed by atoms with Crippen molar-refractivity contribution in [3.63, 3.8) is 0 Å². The van der Waals surface area contributed by atoms with Gasteiger partial charge < -0.3 is 15.4 Å². The number of methoxy groups -OCH3 is 1. The van der Waals surface area contributed by atoms with Gasteiger partial charge in [-0.15, -0.1) is 24.0 Å². The van der Waals surface area contributed by atoms with Crippen LogP contribution in [0.4, 0.5) is 4.39 Å². The lowest BCUT2D eigenvalue weighted by atomic mass is 9.67. The van der Waals surface area contributed by atoms with Gasteiger partial charge in [0.15, 0.2) is 5.96 Å². The number of nitrogens with zero attached hydrogens (tertiary/aromatic N) is 1. The van der Waals surface area contributed by atoms with Crippen molar-refractivity contribution in [3.05, 3.63) is 34.6 Å². The lowest BCUT2D eigenvalue weighted by molar-refractivity contribution is 0.0732. The molecule has 0 saturated heterocycles. The second-order valence-corrected chi connectivity index (χ2v) is 6.80. The van der Waals surface area contributed by atoms with E-state index in [2.05, 4.69) is 15.6 Å². The third-order valence-corrected chi connectivity index (χ3v) is 4.92. The lowest BCUT2D eigenvalue weighted by Crippen LogP contribution is -2.46. The zero-order valence-corrected chi connectivity index (χ0v) is 18.0. The second kappa shape index (κ2) is 11.2. The number of halogens is 3. The Kier molecular flexibility index (Phi) is 10.0. The minimum atomic E-state index is -0.403. The molecule has 7 heteroatoms. The minimum Gasteiger partial charge on any atom is -0.385 e. The number of aliphatic imine (C=N–C) groups is 1. The molecule has 142 valence electrons. The van der Waals surface area contributed by atoms with Crippen molar-refractivity contribution in [2.75, 3.05) is 26.8 Å². The molecule has 2 N–H and O–H groups in total. The van der Waals surface area contributed by atoms with E-state index in [4.69, 9.17) is 16.3 Å². The fourth-order valence-corrected chi connectivity index (χ4v) is 3.13. The van der Waals surface area contributed by atoms with E-state index in [0.717, 1.165) is 37.6 Å². The zero-order valence-electron chi connectivity index (χ0n) is 14.9. The normalized spacial score (nSPS) is 15.9. The number of nitrogens with one attached hydrogen (secondary N) is 2. The Labute approximate surface area is 172 Å². The van der Waals surface area contributed by atoms with Crippen LogP contribution in [0.3, 0.4) is 0 Å². The Morgan fingerprint density at radius 3 is 2.68 bits per heavy atom. The van der Waals surface area contributed by atoms with Gasteiger partial charge in [-0.05, 0) is 49.3 Å². The molecule has 4 nitrogen and oxygen atoms in total. The van der Waals surface area contributed by atoms with Crippen LogP contribution < -0.4 is 10.6 Å². The fraction of sp³-hybridized carbons (Fsp3) is 0.611. The first-order valence-corrected chi connectivity index (χ1v) is 8.91. The third kappa shape index (κ3) is 6.90. The number of ether oxygens (including phenoxy) is 1. The number of guanidine groups is 1. The maximum Gasteiger partial charge on any atom is 0.191 e. The molecule has 0 bridgehead atoms. The summed E-state index contributed by atoms with van der Waals surface area (Å²) in [7, 11) is 1.75. The molecular formula is C18H28ClFIN3O. The summed E-state index contributed by atoms with van der Waals surface area (Å²) in [6.45, 7) is 4.98. The fourth-order valence-electron chi connectivity index (χ4n) is 2.93. The molecule has 2 rings (SSSR count). The molecule has 0 amide bonds. The van der Waals surface area contributed by atoms with Crippen molar-refractivity contribution in [2.24, 2.45) is 10.4 Å². The van der Waals surface area contributed by atoms with Gasteiger partial charge in [0.2, 0.25) is 0 Å². The number of rotatable bonds is 8. The van der Waals surface area contributed by atoms with Gasteiger partial charge in [0, 0.05) is 26.8 Å². The summed E-state index contributed by atoms with van der Waals surface area (Å²) < 4.78 is 18.5. The van der Waals surface area contributed by atoms with Crippen LogP contribution in [0.1, 0.15) is 38.2 Å². The van der Waals surface area contributed by atoms with Gasteiger partial charge in [0.1, 0.15) is 5.82 Å². The van der Waals surface area contributed by atoms with Gasteiger partial charge in [-0.2, -0.15) is 0 Å². The van der Waals surface area contributed by atoms with Crippen LogP contribution >= 0.6 is 35.6 Å². The smallest absolute Gasteiger partial charge is 0.191 e. The van der Waals surface area contributed by atoms with Crippen LogP contribution in [0.25, 0.3) is 0 Å².